The molecule has 3 rings (SSSR count). The number of hydrogen-bond donors (Lipinski definition) is 2. The van der Waals surface area contributed by atoms with Crippen LogP contribution in [-0.2, 0) is 16.1 Å². The minimum absolute atomic E-state index is 0.239. The van der Waals surface area contributed by atoms with Gasteiger partial charge in [0.15, 0.2) is 6.61 Å². The van der Waals surface area contributed by atoms with E-state index in [1.807, 2.05) is 31.2 Å². The predicted octanol–water partition coefficient (Wildman–Crippen LogP) is 1.52. The number of Topliss-reactive ketones (excluding diaryl/α,β-unsaturated/α-hetero) is 1. The third-order valence-electron chi connectivity index (χ3n) is 4.37. The van der Waals surface area contributed by atoms with Gasteiger partial charge in [-0.1, -0.05) is 31.2 Å². The molecule has 0 unspecified atom stereocenters. The van der Waals surface area contributed by atoms with Crippen LogP contribution in [0.5, 0.6) is 0 Å². The molecule has 3 aromatic rings. The summed E-state index contributed by atoms with van der Waals surface area (Å²) in [5, 5.41) is 0.917. The Labute approximate surface area is 170 Å². The van der Waals surface area contributed by atoms with Gasteiger partial charge in [-0.2, -0.15) is 0 Å². The Morgan fingerprint density at radius 1 is 1.23 bits per heavy atom. The van der Waals surface area contributed by atoms with Crippen LogP contribution in [0, 0.1) is 0 Å². The summed E-state index contributed by atoms with van der Waals surface area (Å²) in [6, 6.07) is 9.24. The van der Waals surface area contributed by atoms with Crippen molar-refractivity contribution in [2.24, 2.45) is 0 Å². The molecular formula is C21H20N4O5. The fraction of sp³-hybridized carbons (Fsp3) is 0.190. The van der Waals surface area contributed by atoms with Gasteiger partial charge in [0, 0.05) is 29.8 Å². The van der Waals surface area contributed by atoms with Crippen LogP contribution in [0.3, 0.4) is 0 Å². The fourth-order valence-corrected chi connectivity index (χ4v) is 2.98. The first-order valence-electron chi connectivity index (χ1n) is 9.26. The minimum Gasteiger partial charge on any atom is -0.454 e. The van der Waals surface area contributed by atoms with E-state index >= 15 is 0 Å². The Morgan fingerprint density at radius 3 is 2.77 bits per heavy atom. The summed E-state index contributed by atoms with van der Waals surface area (Å²) < 4.78 is 6.04. The molecule has 0 spiro atoms. The summed E-state index contributed by atoms with van der Waals surface area (Å²) in [4.78, 5) is 54.6. The van der Waals surface area contributed by atoms with Crippen LogP contribution in [-0.4, -0.2) is 32.9 Å². The number of ether oxygens (including phenoxy) is 1. The van der Waals surface area contributed by atoms with E-state index in [1.54, 1.807) is 12.3 Å². The molecule has 9 nitrogen and oxygen atoms in total. The lowest BCUT2D eigenvalue weighted by atomic mass is 10.1. The van der Waals surface area contributed by atoms with E-state index in [9.17, 15) is 19.2 Å². The van der Waals surface area contributed by atoms with Gasteiger partial charge in [-0.05, 0) is 18.6 Å². The number of ketones is 1. The lowest BCUT2D eigenvalue weighted by molar-refractivity contribution is -0.136. The number of benzene rings is 1. The first-order chi connectivity index (χ1) is 14.4. The molecule has 0 saturated carbocycles. The SMILES string of the molecule is CCCn1c(N)c(C(=O)COC(=O)/C=C/c2cccc3cccnc23)c(=O)[nH]c1=O. The predicted molar refractivity (Wildman–Crippen MR) is 112 cm³/mol. The van der Waals surface area contributed by atoms with E-state index in [1.165, 1.54) is 12.2 Å². The van der Waals surface area contributed by atoms with Gasteiger partial charge in [0.25, 0.3) is 5.56 Å². The molecule has 0 aliphatic heterocycles. The number of aromatic nitrogens is 3. The van der Waals surface area contributed by atoms with Crippen molar-refractivity contribution < 1.29 is 14.3 Å². The second kappa shape index (κ2) is 8.99. The number of aromatic amines is 1. The van der Waals surface area contributed by atoms with Crippen molar-refractivity contribution in [3.63, 3.8) is 0 Å². The highest BCUT2D eigenvalue weighted by Crippen LogP contribution is 2.17. The standard InChI is InChI=1S/C21H20N4O5/c1-2-11-25-19(22)17(20(28)24-21(25)29)15(26)12-30-16(27)9-8-14-6-3-5-13-7-4-10-23-18(13)14/h3-10H,2,11-12,22H2,1H3,(H,24,28,29)/b9-8+. The van der Waals surface area contributed by atoms with Crippen LogP contribution in [0.1, 0.15) is 29.3 Å². The van der Waals surface area contributed by atoms with Crippen LogP contribution in [0.25, 0.3) is 17.0 Å². The molecular weight excluding hydrogens is 388 g/mol. The lowest BCUT2D eigenvalue weighted by Gasteiger charge is -2.11. The van der Waals surface area contributed by atoms with Crippen molar-refractivity contribution in [2.75, 3.05) is 12.3 Å². The Kier molecular flexibility index (Phi) is 6.21. The Hall–Kier alpha value is -4.01. The van der Waals surface area contributed by atoms with Gasteiger partial charge in [0.2, 0.25) is 5.78 Å². The van der Waals surface area contributed by atoms with Crippen LogP contribution >= 0.6 is 0 Å². The monoisotopic (exact) mass is 408 g/mol. The molecule has 9 heteroatoms. The molecule has 30 heavy (non-hydrogen) atoms. The van der Waals surface area contributed by atoms with Gasteiger partial charge in [0.1, 0.15) is 11.4 Å². The highest BCUT2D eigenvalue weighted by molar-refractivity contribution is 6.02. The maximum Gasteiger partial charge on any atom is 0.331 e. The summed E-state index contributed by atoms with van der Waals surface area (Å²) in [5.41, 5.74) is 5.25. The molecule has 0 aliphatic carbocycles. The van der Waals surface area contributed by atoms with Gasteiger partial charge < -0.3 is 10.5 Å². The zero-order valence-electron chi connectivity index (χ0n) is 16.3. The quantitative estimate of drug-likeness (QED) is 0.343. The average Bonchev–Trinajstić information content (AvgIpc) is 2.73. The molecule has 2 aromatic heterocycles. The maximum atomic E-state index is 12.4. The van der Waals surface area contributed by atoms with Crippen LogP contribution < -0.4 is 17.0 Å². The number of rotatable bonds is 7. The molecule has 0 atom stereocenters. The Bertz CT molecular complexity index is 1250. The lowest BCUT2D eigenvalue weighted by Crippen LogP contribution is -2.37. The van der Waals surface area contributed by atoms with Crippen molar-refractivity contribution in [1.29, 1.82) is 0 Å². The molecule has 0 amide bonds. The van der Waals surface area contributed by atoms with Gasteiger partial charge in [0.05, 0.1) is 5.52 Å². The summed E-state index contributed by atoms with van der Waals surface area (Å²) in [6.45, 7) is 1.37. The molecule has 2 heterocycles. The topological polar surface area (TPSA) is 137 Å². The molecule has 3 N–H and O–H groups in total. The van der Waals surface area contributed by atoms with Crippen LogP contribution in [0.4, 0.5) is 5.82 Å². The van der Waals surface area contributed by atoms with E-state index in [2.05, 4.69) is 9.97 Å². The molecule has 0 bridgehead atoms. The zero-order chi connectivity index (χ0) is 21.7. The van der Waals surface area contributed by atoms with Gasteiger partial charge in [-0.15, -0.1) is 0 Å². The fourth-order valence-electron chi connectivity index (χ4n) is 2.98. The number of carbonyl (C=O) groups excluding carboxylic acids is 2. The highest BCUT2D eigenvalue weighted by Gasteiger charge is 2.20. The second-order valence-electron chi connectivity index (χ2n) is 6.46. The summed E-state index contributed by atoms with van der Waals surface area (Å²) in [5.74, 6) is -1.82. The number of carbonyl (C=O) groups is 2. The average molecular weight is 408 g/mol. The number of nitrogens with one attached hydrogen (secondary N) is 1. The molecule has 0 aliphatic rings. The number of fused-ring (bicyclic) bond motifs is 1. The number of anilines is 1. The Morgan fingerprint density at radius 2 is 2.00 bits per heavy atom. The number of para-hydroxylation sites is 1. The largest absolute Gasteiger partial charge is 0.454 e. The molecule has 0 fully saturated rings. The first kappa shape index (κ1) is 20.7. The second-order valence-corrected chi connectivity index (χ2v) is 6.46. The first-order valence-corrected chi connectivity index (χ1v) is 9.26. The van der Waals surface area contributed by atoms with Crippen molar-refractivity contribution in [3.8, 4) is 0 Å². The Balaban J connectivity index is 1.73. The van der Waals surface area contributed by atoms with E-state index in [0.717, 1.165) is 15.5 Å². The third-order valence-corrected chi connectivity index (χ3v) is 4.37. The van der Waals surface area contributed by atoms with Gasteiger partial charge >= 0.3 is 11.7 Å². The van der Waals surface area contributed by atoms with Crippen LogP contribution in [0.15, 0.2) is 52.2 Å². The van der Waals surface area contributed by atoms with Crippen molar-refractivity contribution in [3.05, 3.63) is 74.6 Å². The molecule has 1 aromatic carbocycles. The molecule has 154 valence electrons. The maximum absolute atomic E-state index is 12.4. The summed E-state index contributed by atoms with van der Waals surface area (Å²) >= 11 is 0. The zero-order valence-corrected chi connectivity index (χ0v) is 16.3. The van der Waals surface area contributed by atoms with E-state index in [4.69, 9.17) is 10.5 Å². The molecule has 0 saturated heterocycles. The van der Waals surface area contributed by atoms with E-state index < -0.39 is 35.2 Å². The van der Waals surface area contributed by atoms with Crippen molar-refractivity contribution in [1.82, 2.24) is 14.5 Å². The summed E-state index contributed by atoms with van der Waals surface area (Å²) in [6.07, 6.45) is 4.93. The number of hydrogen-bond acceptors (Lipinski definition) is 7. The normalized spacial score (nSPS) is 11.1. The third kappa shape index (κ3) is 4.35. The van der Waals surface area contributed by atoms with Crippen molar-refractivity contribution >= 4 is 34.5 Å². The van der Waals surface area contributed by atoms with Crippen LogP contribution in [0.2, 0.25) is 0 Å². The molecule has 0 radical (unpaired) electrons. The minimum atomic E-state index is -0.914. The number of nitrogens with two attached hydrogens (primary N) is 1. The number of nitrogen functional groups attached to an aromatic ring is 1. The van der Waals surface area contributed by atoms with E-state index in [-0.39, 0.29) is 12.4 Å². The highest BCUT2D eigenvalue weighted by atomic mass is 16.5. The van der Waals surface area contributed by atoms with Gasteiger partial charge in [-0.3, -0.25) is 24.1 Å². The summed E-state index contributed by atoms with van der Waals surface area (Å²) in [7, 11) is 0. The number of pyridine rings is 1. The number of nitrogens with zero attached hydrogens (tertiary/aromatic N) is 2. The van der Waals surface area contributed by atoms with E-state index in [0.29, 0.717) is 12.0 Å². The number of esters is 1. The number of H-pyrrole nitrogens is 1. The van der Waals surface area contributed by atoms with Gasteiger partial charge in [-0.25, -0.2) is 9.59 Å². The smallest absolute Gasteiger partial charge is 0.331 e. The van der Waals surface area contributed by atoms with Crippen molar-refractivity contribution in [2.45, 2.75) is 19.9 Å².